The second-order valence-electron chi connectivity index (χ2n) is 3.88. The van der Waals surface area contributed by atoms with Gasteiger partial charge in [-0.15, -0.1) is 0 Å². The second kappa shape index (κ2) is 5.30. The van der Waals surface area contributed by atoms with Crippen LogP contribution in [-0.4, -0.2) is 18.3 Å². The van der Waals surface area contributed by atoms with Gasteiger partial charge in [-0.3, -0.25) is 14.9 Å². The summed E-state index contributed by atoms with van der Waals surface area (Å²) in [7, 11) is 1.52. The highest BCUT2D eigenvalue weighted by molar-refractivity contribution is 5.88. The van der Waals surface area contributed by atoms with Gasteiger partial charge >= 0.3 is 0 Å². The van der Waals surface area contributed by atoms with Crippen molar-refractivity contribution in [1.82, 2.24) is 0 Å². The Morgan fingerprint density at radius 3 is 2.37 bits per heavy atom. The molecular weight excluding hydrogens is 246 g/mol. The van der Waals surface area contributed by atoms with E-state index in [1.54, 1.807) is 30.3 Å². The van der Waals surface area contributed by atoms with Gasteiger partial charge in [-0.1, -0.05) is 0 Å². The van der Waals surface area contributed by atoms with E-state index >= 15 is 0 Å². The van der Waals surface area contributed by atoms with Gasteiger partial charge in [0.1, 0.15) is 5.75 Å². The lowest BCUT2D eigenvalue weighted by atomic mass is 10.00. The molecule has 0 heterocycles. The zero-order valence-electron chi connectivity index (χ0n) is 10.2. The molecule has 2 aromatic carbocycles. The molecule has 0 radical (unpaired) electrons. The summed E-state index contributed by atoms with van der Waals surface area (Å²) >= 11 is 0. The molecule has 0 atom stereocenters. The Balaban J connectivity index is 2.46. The quantitative estimate of drug-likeness (QED) is 0.479. The summed E-state index contributed by atoms with van der Waals surface area (Å²) in [6, 6.07) is 11.2. The molecule has 0 bridgehead atoms. The van der Waals surface area contributed by atoms with E-state index in [1.807, 2.05) is 0 Å². The summed E-state index contributed by atoms with van der Waals surface area (Å²) in [6.45, 7) is 0. The molecule has 0 spiro atoms. The first-order valence-electron chi connectivity index (χ1n) is 5.53. The molecule has 2 rings (SSSR count). The third kappa shape index (κ3) is 2.60. The van der Waals surface area contributed by atoms with Gasteiger partial charge in [0, 0.05) is 17.7 Å². The van der Waals surface area contributed by atoms with Crippen molar-refractivity contribution in [2.45, 2.75) is 0 Å². The summed E-state index contributed by atoms with van der Waals surface area (Å²) in [5, 5.41) is 10.6. The van der Waals surface area contributed by atoms with E-state index in [4.69, 9.17) is 4.74 Å². The van der Waals surface area contributed by atoms with Crippen LogP contribution in [0.2, 0.25) is 0 Å². The zero-order chi connectivity index (χ0) is 13.8. The molecule has 0 saturated carbocycles. The fraction of sp³-hybridized carbons (Fsp3) is 0.0714. The van der Waals surface area contributed by atoms with Crippen molar-refractivity contribution in [3.8, 4) is 16.9 Å². The van der Waals surface area contributed by atoms with E-state index < -0.39 is 4.92 Å². The first-order valence-corrected chi connectivity index (χ1v) is 5.53. The van der Waals surface area contributed by atoms with Gasteiger partial charge in [0.05, 0.1) is 12.0 Å². The molecule has 0 fully saturated rings. The third-order valence-corrected chi connectivity index (χ3v) is 2.77. The van der Waals surface area contributed by atoms with Crippen LogP contribution in [0.4, 0.5) is 5.69 Å². The Labute approximate surface area is 109 Å². The summed E-state index contributed by atoms with van der Waals surface area (Å²) in [5.41, 5.74) is 1.96. The fourth-order valence-corrected chi connectivity index (χ4v) is 1.79. The Morgan fingerprint density at radius 2 is 1.84 bits per heavy atom. The van der Waals surface area contributed by atoms with Crippen LogP contribution < -0.4 is 4.74 Å². The standard InChI is InChI=1S/C14H11NO4/c1-19-13-6-7-14(11(8-13)9-16)10-2-4-12(5-3-10)15(17)18/h2-9H,1H3. The molecule has 2 aromatic rings. The van der Waals surface area contributed by atoms with Crippen LogP contribution in [0.3, 0.4) is 0 Å². The molecule has 19 heavy (non-hydrogen) atoms. The van der Waals surface area contributed by atoms with E-state index in [-0.39, 0.29) is 5.69 Å². The number of hydrogen-bond donors (Lipinski definition) is 0. The SMILES string of the molecule is COc1ccc(-c2ccc([N+](=O)[O-])cc2)c(C=O)c1. The maximum atomic E-state index is 11.1. The number of nitro groups is 1. The molecule has 0 aliphatic carbocycles. The predicted octanol–water partition coefficient (Wildman–Crippen LogP) is 3.08. The van der Waals surface area contributed by atoms with E-state index in [0.717, 1.165) is 11.8 Å². The Bertz CT molecular complexity index is 620. The van der Waals surface area contributed by atoms with Crippen LogP contribution in [0.5, 0.6) is 5.75 Å². The second-order valence-corrected chi connectivity index (χ2v) is 3.88. The van der Waals surface area contributed by atoms with Crippen molar-refractivity contribution in [3.63, 3.8) is 0 Å². The van der Waals surface area contributed by atoms with Gasteiger partial charge in [-0.05, 0) is 41.5 Å². The minimum atomic E-state index is -0.460. The molecule has 0 unspecified atom stereocenters. The van der Waals surface area contributed by atoms with Gasteiger partial charge < -0.3 is 4.74 Å². The first kappa shape index (κ1) is 12.8. The summed E-state index contributed by atoms with van der Waals surface area (Å²) in [6.07, 6.45) is 0.735. The number of aldehydes is 1. The maximum absolute atomic E-state index is 11.1. The summed E-state index contributed by atoms with van der Waals surface area (Å²) in [5.74, 6) is 0.591. The van der Waals surface area contributed by atoms with E-state index in [2.05, 4.69) is 0 Å². The highest BCUT2D eigenvalue weighted by Gasteiger charge is 2.09. The Hall–Kier alpha value is -2.69. The van der Waals surface area contributed by atoms with Crippen molar-refractivity contribution in [1.29, 1.82) is 0 Å². The fourth-order valence-electron chi connectivity index (χ4n) is 1.79. The largest absolute Gasteiger partial charge is 0.497 e. The number of carbonyl (C=O) groups is 1. The number of carbonyl (C=O) groups excluding carboxylic acids is 1. The number of rotatable bonds is 4. The molecule has 5 heteroatoms. The molecule has 5 nitrogen and oxygen atoms in total. The number of hydrogen-bond acceptors (Lipinski definition) is 4. The predicted molar refractivity (Wildman–Crippen MR) is 70.5 cm³/mol. The van der Waals surface area contributed by atoms with Gasteiger partial charge in [-0.2, -0.15) is 0 Å². The molecule has 0 aromatic heterocycles. The summed E-state index contributed by atoms with van der Waals surface area (Å²) < 4.78 is 5.05. The van der Waals surface area contributed by atoms with Crippen molar-refractivity contribution in [3.05, 3.63) is 58.1 Å². The number of methoxy groups -OCH3 is 1. The lowest BCUT2D eigenvalue weighted by Gasteiger charge is -2.07. The topological polar surface area (TPSA) is 69.4 Å². The van der Waals surface area contributed by atoms with Gasteiger partial charge in [0.15, 0.2) is 6.29 Å². The smallest absolute Gasteiger partial charge is 0.269 e. The highest BCUT2D eigenvalue weighted by atomic mass is 16.6. The van der Waals surface area contributed by atoms with E-state index in [9.17, 15) is 14.9 Å². The van der Waals surface area contributed by atoms with Crippen LogP contribution in [0.15, 0.2) is 42.5 Å². The normalized spacial score (nSPS) is 9.95. The molecule has 0 saturated heterocycles. The molecule has 0 aliphatic heterocycles. The third-order valence-electron chi connectivity index (χ3n) is 2.77. The first-order chi connectivity index (χ1) is 9.15. The van der Waals surface area contributed by atoms with Gasteiger partial charge in [0.2, 0.25) is 0 Å². The lowest BCUT2D eigenvalue weighted by Crippen LogP contribution is -1.91. The monoisotopic (exact) mass is 257 g/mol. The maximum Gasteiger partial charge on any atom is 0.269 e. The minimum Gasteiger partial charge on any atom is -0.497 e. The number of non-ortho nitro benzene ring substituents is 1. The average molecular weight is 257 g/mol. The van der Waals surface area contributed by atoms with Gasteiger partial charge in [0.25, 0.3) is 5.69 Å². The van der Waals surface area contributed by atoms with Crippen molar-refractivity contribution in [2.24, 2.45) is 0 Å². The number of nitro benzene ring substituents is 1. The van der Waals surface area contributed by atoms with Crippen LogP contribution in [0.1, 0.15) is 10.4 Å². The minimum absolute atomic E-state index is 0.0184. The molecular formula is C14H11NO4. The van der Waals surface area contributed by atoms with E-state index in [0.29, 0.717) is 16.9 Å². The Morgan fingerprint density at radius 1 is 1.16 bits per heavy atom. The van der Waals surface area contributed by atoms with Crippen LogP contribution in [-0.2, 0) is 0 Å². The molecule has 0 amide bonds. The van der Waals surface area contributed by atoms with Crippen molar-refractivity contribution in [2.75, 3.05) is 7.11 Å². The van der Waals surface area contributed by atoms with Crippen LogP contribution in [0, 0.1) is 10.1 Å². The van der Waals surface area contributed by atoms with Crippen LogP contribution in [0.25, 0.3) is 11.1 Å². The number of benzene rings is 2. The number of nitrogens with zero attached hydrogens (tertiary/aromatic N) is 1. The molecule has 0 N–H and O–H groups in total. The van der Waals surface area contributed by atoms with Gasteiger partial charge in [-0.25, -0.2) is 0 Å². The zero-order valence-corrected chi connectivity index (χ0v) is 10.2. The highest BCUT2D eigenvalue weighted by Crippen LogP contribution is 2.27. The Kier molecular flexibility index (Phi) is 3.56. The molecule has 96 valence electrons. The van der Waals surface area contributed by atoms with Crippen LogP contribution >= 0.6 is 0 Å². The lowest BCUT2D eigenvalue weighted by molar-refractivity contribution is -0.384. The van der Waals surface area contributed by atoms with Crippen molar-refractivity contribution < 1.29 is 14.5 Å². The average Bonchev–Trinajstić information content (AvgIpc) is 2.46. The number of ether oxygens (including phenoxy) is 1. The van der Waals surface area contributed by atoms with E-state index in [1.165, 1.54) is 19.2 Å². The molecule has 0 aliphatic rings. The van der Waals surface area contributed by atoms with Crippen molar-refractivity contribution >= 4 is 12.0 Å². The summed E-state index contributed by atoms with van der Waals surface area (Å²) in [4.78, 5) is 21.2.